The predicted octanol–water partition coefficient (Wildman–Crippen LogP) is 2.31. The Bertz CT molecular complexity index is 893. The Balaban J connectivity index is 1.58. The highest BCUT2D eigenvalue weighted by Gasteiger charge is 2.63. The molecule has 2 N–H and O–H groups in total. The van der Waals surface area contributed by atoms with E-state index in [2.05, 4.69) is 5.32 Å². The van der Waals surface area contributed by atoms with Crippen LogP contribution in [0.2, 0.25) is 0 Å². The van der Waals surface area contributed by atoms with Crippen LogP contribution in [-0.2, 0) is 16.4 Å². The summed E-state index contributed by atoms with van der Waals surface area (Å²) in [6, 6.07) is 1.07. The van der Waals surface area contributed by atoms with Crippen molar-refractivity contribution in [2.75, 3.05) is 13.1 Å². The van der Waals surface area contributed by atoms with Crippen LogP contribution < -0.4 is 5.32 Å². The average molecular weight is 418 g/mol. The summed E-state index contributed by atoms with van der Waals surface area (Å²) in [6.07, 6.45) is -6.06. The average Bonchev–Trinajstić information content (AvgIpc) is 3.18. The number of aliphatic hydroxyl groups is 1. The largest absolute Gasteiger partial charge is 0.419 e. The number of hydrogen-bond donors (Lipinski definition) is 2. The van der Waals surface area contributed by atoms with E-state index in [0.717, 1.165) is 11.0 Å². The molecule has 0 unspecified atom stereocenters. The Labute approximate surface area is 162 Å². The molecule has 2 fully saturated rings. The van der Waals surface area contributed by atoms with Crippen LogP contribution in [0.5, 0.6) is 0 Å². The number of amides is 2. The normalized spacial score (nSPS) is 33.3. The number of carbonyl (C=O) groups excluding carboxylic acids is 2. The van der Waals surface area contributed by atoms with Gasteiger partial charge in [-0.1, -0.05) is 0 Å². The molecule has 10 heteroatoms. The first-order valence-electron chi connectivity index (χ1n) is 9.19. The Morgan fingerprint density at radius 2 is 1.93 bits per heavy atom. The SMILES string of the molecule is CC1(O)CC(NC(=O)CN2C[C@]3(C[C@H]3F)c3c(ccc(C(F)(F)F)c3F)C2=O)C1. The van der Waals surface area contributed by atoms with Crippen molar-refractivity contribution in [1.82, 2.24) is 10.2 Å². The fourth-order valence-electron chi connectivity index (χ4n) is 4.48. The van der Waals surface area contributed by atoms with Crippen LogP contribution in [0.25, 0.3) is 0 Å². The number of benzene rings is 1. The Kier molecular flexibility index (Phi) is 4.24. The van der Waals surface area contributed by atoms with E-state index in [-0.39, 0.29) is 24.6 Å². The van der Waals surface area contributed by atoms with E-state index >= 15 is 0 Å². The van der Waals surface area contributed by atoms with Crippen molar-refractivity contribution in [2.45, 2.75) is 55.6 Å². The van der Waals surface area contributed by atoms with Gasteiger partial charge in [0.2, 0.25) is 5.91 Å². The van der Waals surface area contributed by atoms with Crippen LogP contribution in [-0.4, -0.2) is 52.7 Å². The van der Waals surface area contributed by atoms with E-state index in [9.17, 15) is 36.6 Å². The molecular weight excluding hydrogens is 399 g/mol. The van der Waals surface area contributed by atoms with E-state index in [1.165, 1.54) is 0 Å². The molecule has 2 aliphatic carbocycles. The summed E-state index contributed by atoms with van der Waals surface area (Å²) in [5, 5.41) is 12.4. The number of nitrogens with one attached hydrogen (secondary N) is 1. The monoisotopic (exact) mass is 418 g/mol. The standard InChI is InChI=1S/C19H19F5N2O3/c1-17(29)4-9(5-17)25-13(27)7-26-8-18(6-12(18)20)14-10(16(26)28)2-3-11(15(14)21)19(22,23)24/h2-3,9,12,29H,4-8H2,1H3,(H,25,27)/t9?,12-,17?,18+/m1/s1. The molecule has 1 heterocycles. The summed E-state index contributed by atoms with van der Waals surface area (Å²) in [5.74, 6) is -2.96. The van der Waals surface area contributed by atoms with Crippen molar-refractivity contribution >= 4 is 11.8 Å². The minimum atomic E-state index is -4.97. The van der Waals surface area contributed by atoms with Gasteiger partial charge in [0, 0.05) is 23.7 Å². The molecule has 1 spiro atoms. The van der Waals surface area contributed by atoms with E-state index in [1.54, 1.807) is 6.92 Å². The second kappa shape index (κ2) is 6.13. The number of nitrogens with zero attached hydrogens (tertiary/aromatic N) is 1. The topological polar surface area (TPSA) is 69.6 Å². The van der Waals surface area contributed by atoms with Crippen LogP contribution in [0.3, 0.4) is 0 Å². The van der Waals surface area contributed by atoms with Gasteiger partial charge in [0.15, 0.2) is 0 Å². The van der Waals surface area contributed by atoms with Gasteiger partial charge in [-0.2, -0.15) is 13.2 Å². The lowest BCUT2D eigenvalue weighted by Crippen LogP contribution is -2.56. The molecule has 1 aromatic rings. The third-order valence-corrected chi connectivity index (χ3v) is 5.99. The Morgan fingerprint density at radius 1 is 1.31 bits per heavy atom. The second-order valence-electron chi connectivity index (χ2n) is 8.51. The highest BCUT2D eigenvalue weighted by molar-refractivity contribution is 6.00. The summed E-state index contributed by atoms with van der Waals surface area (Å²) >= 11 is 0. The molecule has 2 saturated carbocycles. The number of fused-ring (bicyclic) bond motifs is 2. The summed E-state index contributed by atoms with van der Waals surface area (Å²) < 4.78 is 68.0. The van der Waals surface area contributed by atoms with Gasteiger partial charge in [-0.05, 0) is 38.3 Å². The molecule has 2 atom stereocenters. The number of hydrogen-bond acceptors (Lipinski definition) is 3. The molecular formula is C19H19F5N2O3. The first-order chi connectivity index (χ1) is 13.3. The van der Waals surface area contributed by atoms with E-state index < -0.39 is 58.7 Å². The van der Waals surface area contributed by atoms with Crippen molar-refractivity contribution in [1.29, 1.82) is 0 Å². The molecule has 1 aromatic carbocycles. The lowest BCUT2D eigenvalue weighted by atomic mass is 9.77. The highest BCUT2D eigenvalue weighted by Crippen LogP contribution is 2.56. The zero-order chi connectivity index (χ0) is 21.4. The van der Waals surface area contributed by atoms with Gasteiger partial charge in [-0.15, -0.1) is 0 Å². The Morgan fingerprint density at radius 3 is 2.45 bits per heavy atom. The number of halogens is 5. The number of carbonyl (C=O) groups is 2. The zero-order valence-electron chi connectivity index (χ0n) is 15.4. The molecule has 5 nitrogen and oxygen atoms in total. The number of rotatable bonds is 3. The van der Waals surface area contributed by atoms with Crippen LogP contribution in [0, 0.1) is 5.82 Å². The maximum absolute atomic E-state index is 14.7. The lowest BCUT2D eigenvalue weighted by Gasteiger charge is -2.41. The lowest BCUT2D eigenvalue weighted by molar-refractivity contribution is -0.140. The van der Waals surface area contributed by atoms with Crippen LogP contribution in [0.4, 0.5) is 22.0 Å². The molecule has 2 amide bonds. The zero-order valence-corrected chi connectivity index (χ0v) is 15.4. The van der Waals surface area contributed by atoms with Crippen molar-refractivity contribution in [3.63, 3.8) is 0 Å². The fraction of sp³-hybridized carbons (Fsp3) is 0.579. The minimum absolute atomic E-state index is 0.213. The minimum Gasteiger partial charge on any atom is -0.390 e. The highest BCUT2D eigenvalue weighted by atomic mass is 19.4. The van der Waals surface area contributed by atoms with Crippen molar-refractivity contribution in [3.05, 3.63) is 34.6 Å². The van der Waals surface area contributed by atoms with Gasteiger partial charge in [-0.25, -0.2) is 8.78 Å². The van der Waals surface area contributed by atoms with Crippen LogP contribution in [0.15, 0.2) is 12.1 Å². The van der Waals surface area contributed by atoms with Crippen LogP contribution in [0.1, 0.15) is 47.7 Å². The maximum atomic E-state index is 14.7. The fourth-order valence-corrected chi connectivity index (χ4v) is 4.48. The first kappa shape index (κ1) is 20.1. The molecule has 0 radical (unpaired) electrons. The molecule has 3 aliphatic rings. The van der Waals surface area contributed by atoms with Crippen molar-refractivity contribution < 1.29 is 36.6 Å². The molecule has 0 aromatic heterocycles. The van der Waals surface area contributed by atoms with E-state index in [4.69, 9.17) is 0 Å². The van der Waals surface area contributed by atoms with Crippen molar-refractivity contribution in [2.24, 2.45) is 0 Å². The molecule has 158 valence electrons. The molecule has 29 heavy (non-hydrogen) atoms. The van der Waals surface area contributed by atoms with Gasteiger partial charge < -0.3 is 15.3 Å². The third kappa shape index (κ3) is 3.27. The third-order valence-electron chi connectivity index (χ3n) is 5.99. The van der Waals surface area contributed by atoms with Crippen molar-refractivity contribution in [3.8, 4) is 0 Å². The van der Waals surface area contributed by atoms with Gasteiger partial charge in [-0.3, -0.25) is 9.59 Å². The smallest absolute Gasteiger partial charge is 0.390 e. The molecule has 0 saturated heterocycles. The molecule has 0 bridgehead atoms. The van der Waals surface area contributed by atoms with Gasteiger partial charge in [0.25, 0.3) is 5.91 Å². The Hall–Kier alpha value is -2.23. The summed E-state index contributed by atoms with van der Waals surface area (Å²) in [7, 11) is 0. The number of alkyl halides is 4. The quantitative estimate of drug-likeness (QED) is 0.741. The van der Waals surface area contributed by atoms with E-state index in [1.807, 2.05) is 0 Å². The first-order valence-corrected chi connectivity index (χ1v) is 9.19. The van der Waals surface area contributed by atoms with E-state index in [0.29, 0.717) is 18.9 Å². The van der Waals surface area contributed by atoms with Gasteiger partial charge in [0.1, 0.15) is 12.0 Å². The van der Waals surface area contributed by atoms with Gasteiger partial charge >= 0.3 is 6.18 Å². The summed E-state index contributed by atoms with van der Waals surface area (Å²) in [6.45, 7) is 0.838. The molecule has 4 rings (SSSR count). The second-order valence-corrected chi connectivity index (χ2v) is 8.51. The van der Waals surface area contributed by atoms with Gasteiger partial charge in [0.05, 0.1) is 23.1 Å². The van der Waals surface area contributed by atoms with Crippen LogP contribution >= 0.6 is 0 Å². The summed E-state index contributed by atoms with van der Waals surface area (Å²) in [5.41, 5.74) is -4.84. The maximum Gasteiger partial charge on any atom is 0.419 e. The molecule has 1 aliphatic heterocycles. The summed E-state index contributed by atoms with van der Waals surface area (Å²) in [4.78, 5) is 26.0. The predicted molar refractivity (Wildman–Crippen MR) is 90.3 cm³/mol.